The van der Waals surface area contributed by atoms with Crippen molar-refractivity contribution in [3.8, 4) is 11.1 Å². The molecule has 0 aliphatic carbocycles. The third-order valence-electron chi connectivity index (χ3n) is 2.89. The van der Waals surface area contributed by atoms with Gasteiger partial charge in [-0.05, 0) is 35.9 Å². The van der Waals surface area contributed by atoms with E-state index in [1.807, 2.05) is 12.3 Å². The van der Waals surface area contributed by atoms with E-state index < -0.39 is 0 Å². The first-order chi connectivity index (χ1) is 8.79. The summed E-state index contributed by atoms with van der Waals surface area (Å²) in [5.74, 6) is 0. The van der Waals surface area contributed by atoms with Crippen LogP contribution in [0.15, 0.2) is 48.8 Å². The molecule has 0 amide bonds. The molecule has 0 aliphatic heterocycles. The number of rotatable bonds is 5. The van der Waals surface area contributed by atoms with E-state index in [1.54, 1.807) is 6.20 Å². The summed E-state index contributed by atoms with van der Waals surface area (Å²) in [5.41, 5.74) is 9.22. The van der Waals surface area contributed by atoms with Gasteiger partial charge in [-0.3, -0.25) is 4.98 Å². The molecular weight excluding hydrogens is 222 g/mol. The molecule has 0 radical (unpaired) electrons. The standard InChI is InChI=1S/C15H19N3/c1-18(9-7-16)12-13-4-2-5-14(10-13)15-6-3-8-17-11-15/h2-6,8,10-11H,7,9,12,16H2,1H3. The van der Waals surface area contributed by atoms with E-state index in [0.29, 0.717) is 6.54 Å². The first-order valence-electron chi connectivity index (χ1n) is 6.17. The minimum Gasteiger partial charge on any atom is -0.329 e. The molecule has 0 bridgehead atoms. The van der Waals surface area contributed by atoms with Crippen LogP contribution in [0, 0.1) is 0 Å². The number of aromatic nitrogens is 1. The molecule has 0 fully saturated rings. The summed E-state index contributed by atoms with van der Waals surface area (Å²) in [6.45, 7) is 2.53. The van der Waals surface area contributed by atoms with E-state index in [-0.39, 0.29) is 0 Å². The van der Waals surface area contributed by atoms with Crippen molar-refractivity contribution in [3.63, 3.8) is 0 Å². The normalized spacial score (nSPS) is 10.8. The Kier molecular flexibility index (Phi) is 4.45. The fourth-order valence-corrected chi connectivity index (χ4v) is 1.99. The van der Waals surface area contributed by atoms with Gasteiger partial charge in [-0.2, -0.15) is 0 Å². The molecule has 0 saturated heterocycles. The Morgan fingerprint density at radius 1 is 1.17 bits per heavy atom. The van der Waals surface area contributed by atoms with Gasteiger partial charge in [-0.25, -0.2) is 0 Å². The van der Waals surface area contributed by atoms with Crippen LogP contribution in [0.5, 0.6) is 0 Å². The zero-order valence-electron chi connectivity index (χ0n) is 10.7. The highest BCUT2D eigenvalue weighted by Crippen LogP contribution is 2.19. The van der Waals surface area contributed by atoms with E-state index in [2.05, 4.69) is 47.3 Å². The van der Waals surface area contributed by atoms with Gasteiger partial charge < -0.3 is 10.6 Å². The predicted octanol–water partition coefficient (Wildman–Crippen LogP) is 2.14. The zero-order valence-corrected chi connectivity index (χ0v) is 10.7. The van der Waals surface area contributed by atoms with Crippen molar-refractivity contribution in [2.24, 2.45) is 5.73 Å². The van der Waals surface area contributed by atoms with Crippen LogP contribution in [-0.2, 0) is 6.54 Å². The zero-order chi connectivity index (χ0) is 12.8. The highest BCUT2D eigenvalue weighted by atomic mass is 15.1. The molecule has 3 heteroatoms. The Morgan fingerprint density at radius 2 is 2.00 bits per heavy atom. The Balaban J connectivity index is 2.15. The lowest BCUT2D eigenvalue weighted by Gasteiger charge is -2.15. The summed E-state index contributed by atoms with van der Waals surface area (Å²) >= 11 is 0. The van der Waals surface area contributed by atoms with Crippen molar-refractivity contribution >= 4 is 0 Å². The SMILES string of the molecule is CN(CCN)Cc1cccc(-c2cccnc2)c1. The van der Waals surface area contributed by atoms with Gasteiger partial charge in [0.2, 0.25) is 0 Å². The first kappa shape index (κ1) is 12.7. The molecule has 1 aromatic heterocycles. The maximum absolute atomic E-state index is 5.55. The van der Waals surface area contributed by atoms with Gasteiger partial charge >= 0.3 is 0 Å². The number of hydrogen-bond donors (Lipinski definition) is 1. The number of nitrogens with two attached hydrogens (primary N) is 1. The molecule has 18 heavy (non-hydrogen) atoms. The van der Waals surface area contributed by atoms with Crippen LogP contribution in [0.1, 0.15) is 5.56 Å². The van der Waals surface area contributed by atoms with E-state index in [0.717, 1.165) is 18.7 Å². The number of likely N-dealkylation sites (N-methyl/N-ethyl adjacent to an activating group) is 1. The molecule has 1 heterocycles. The van der Waals surface area contributed by atoms with Crippen molar-refractivity contribution in [2.45, 2.75) is 6.54 Å². The Bertz CT molecular complexity index is 482. The van der Waals surface area contributed by atoms with Crippen LogP contribution in [-0.4, -0.2) is 30.0 Å². The second-order valence-corrected chi connectivity index (χ2v) is 4.47. The lowest BCUT2D eigenvalue weighted by Crippen LogP contribution is -2.24. The smallest absolute Gasteiger partial charge is 0.0346 e. The average molecular weight is 241 g/mol. The number of hydrogen-bond acceptors (Lipinski definition) is 3. The van der Waals surface area contributed by atoms with Crippen LogP contribution in [0.25, 0.3) is 11.1 Å². The van der Waals surface area contributed by atoms with Gasteiger partial charge in [0.15, 0.2) is 0 Å². The molecular formula is C15H19N3. The molecule has 0 saturated carbocycles. The molecule has 3 nitrogen and oxygen atoms in total. The Labute approximate surface area is 108 Å². The quantitative estimate of drug-likeness (QED) is 0.872. The monoisotopic (exact) mass is 241 g/mol. The highest BCUT2D eigenvalue weighted by molar-refractivity contribution is 5.62. The summed E-state index contributed by atoms with van der Waals surface area (Å²) in [4.78, 5) is 6.38. The van der Waals surface area contributed by atoms with Crippen LogP contribution in [0.3, 0.4) is 0 Å². The second kappa shape index (κ2) is 6.28. The molecule has 2 N–H and O–H groups in total. The van der Waals surface area contributed by atoms with Crippen LogP contribution >= 0.6 is 0 Å². The molecule has 0 atom stereocenters. The minimum atomic E-state index is 0.693. The van der Waals surface area contributed by atoms with Gasteiger partial charge in [0.05, 0.1) is 0 Å². The van der Waals surface area contributed by atoms with Gasteiger partial charge in [-0.15, -0.1) is 0 Å². The molecule has 2 aromatic rings. The molecule has 0 aliphatic rings. The fraction of sp³-hybridized carbons (Fsp3) is 0.267. The summed E-state index contributed by atoms with van der Waals surface area (Å²) in [6.07, 6.45) is 3.69. The second-order valence-electron chi connectivity index (χ2n) is 4.47. The molecule has 0 unspecified atom stereocenters. The number of pyridine rings is 1. The van der Waals surface area contributed by atoms with Gasteiger partial charge in [0, 0.05) is 32.0 Å². The maximum atomic E-state index is 5.55. The van der Waals surface area contributed by atoms with Crippen LogP contribution in [0.2, 0.25) is 0 Å². The van der Waals surface area contributed by atoms with Crippen molar-refractivity contribution in [1.82, 2.24) is 9.88 Å². The number of benzene rings is 1. The lowest BCUT2D eigenvalue weighted by molar-refractivity contribution is 0.336. The summed E-state index contributed by atoms with van der Waals surface area (Å²) in [5, 5.41) is 0. The van der Waals surface area contributed by atoms with Crippen LogP contribution < -0.4 is 5.73 Å². The third-order valence-corrected chi connectivity index (χ3v) is 2.89. The largest absolute Gasteiger partial charge is 0.329 e. The van der Waals surface area contributed by atoms with E-state index in [9.17, 15) is 0 Å². The molecule has 1 aromatic carbocycles. The van der Waals surface area contributed by atoms with E-state index >= 15 is 0 Å². The molecule has 2 rings (SSSR count). The summed E-state index contributed by atoms with van der Waals surface area (Å²) < 4.78 is 0. The van der Waals surface area contributed by atoms with Crippen molar-refractivity contribution in [3.05, 3.63) is 54.4 Å². The topological polar surface area (TPSA) is 42.1 Å². The van der Waals surface area contributed by atoms with E-state index in [1.165, 1.54) is 11.1 Å². The van der Waals surface area contributed by atoms with Crippen LogP contribution in [0.4, 0.5) is 0 Å². The average Bonchev–Trinajstić information content (AvgIpc) is 2.40. The summed E-state index contributed by atoms with van der Waals surface area (Å²) in [7, 11) is 2.09. The van der Waals surface area contributed by atoms with E-state index in [4.69, 9.17) is 5.73 Å². The molecule has 94 valence electrons. The lowest BCUT2D eigenvalue weighted by atomic mass is 10.0. The fourth-order valence-electron chi connectivity index (χ4n) is 1.99. The highest BCUT2D eigenvalue weighted by Gasteiger charge is 2.02. The van der Waals surface area contributed by atoms with Crippen molar-refractivity contribution < 1.29 is 0 Å². The Hall–Kier alpha value is -1.71. The summed E-state index contributed by atoms with van der Waals surface area (Å²) in [6, 6.07) is 12.6. The Morgan fingerprint density at radius 3 is 2.72 bits per heavy atom. The van der Waals surface area contributed by atoms with Gasteiger partial charge in [-0.1, -0.05) is 24.3 Å². The van der Waals surface area contributed by atoms with Gasteiger partial charge in [0.1, 0.15) is 0 Å². The third kappa shape index (κ3) is 3.39. The van der Waals surface area contributed by atoms with Crippen molar-refractivity contribution in [2.75, 3.05) is 20.1 Å². The first-order valence-corrected chi connectivity index (χ1v) is 6.17. The minimum absolute atomic E-state index is 0.693. The maximum Gasteiger partial charge on any atom is 0.0346 e. The predicted molar refractivity (Wildman–Crippen MR) is 75.1 cm³/mol. The molecule has 0 spiro atoms. The number of nitrogens with zero attached hydrogens (tertiary/aromatic N) is 2. The van der Waals surface area contributed by atoms with Gasteiger partial charge in [0.25, 0.3) is 0 Å². The van der Waals surface area contributed by atoms with Crippen molar-refractivity contribution in [1.29, 1.82) is 0 Å².